The number of carbonyl (C=O) groups excluding carboxylic acids is 1. The summed E-state index contributed by atoms with van der Waals surface area (Å²) in [5, 5.41) is 3.15. The van der Waals surface area contributed by atoms with Crippen LogP contribution in [-0.2, 0) is 15.0 Å². The molecule has 1 spiro atoms. The Morgan fingerprint density at radius 3 is 2.65 bits per heavy atom. The minimum Gasteiger partial charge on any atom is -0.349 e. The number of carbonyl (C=O) groups is 1. The van der Waals surface area contributed by atoms with Crippen molar-refractivity contribution in [3.8, 4) is 0 Å². The Hall–Kier alpha value is -1.51. The van der Waals surface area contributed by atoms with E-state index >= 15 is 0 Å². The molecule has 3 fully saturated rings. The van der Waals surface area contributed by atoms with Crippen molar-refractivity contribution in [1.82, 2.24) is 18.9 Å². The van der Waals surface area contributed by atoms with Crippen molar-refractivity contribution < 1.29 is 13.2 Å². The molecule has 1 aromatic heterocycles. The van der Waals surface area contributed by atoms with E-state index in [4.69, 9.17) is 0 Å². The molecule has 3 aliphatic heterocycles. The van der Waals surface area contributed by atoms with Crippen molar-refractivity contribution in [2.45, 2.75) is 50.0 Å². The molecule has 8 heteroatoms. The summed E-state index contributed by atoms with van der Waals surface area (Å²) >= 11 is 0. The molecule has 1 N–H and O–H groups in total. The summed E-state index contributed by atoms with van der Waals surface area (Å²) in [5.74, 6) is -0.0534. The van der Waals surface area contributed by atoms with Crippen molar-refractivity contribution in [3.63, 3.8) is 0 Å². The van der Waals surface area contributed by atoms with Gasteiger partial charge in [-0.2, -0.15) is 17.0 Å². The van der Waals surface area contributed by atoms with Crippen molar-refractivity contribution in [2.75, 3.05) is 26.2 Å². The van der Waals surface area contributed by atoms with Gasteiger partial charge in [-0.15, -0.1) is 0 Å². The summed E-state index contributed by atoms with van der Waals surface area (Å²) in [6.07, 6.45) is 8.54. The minimum absolute atomic E-state index is 0.0161. The number of hydrogen-bond donors (Lipinski definition) is 1. The second-order valence-electron chi connectivity index (χ2n) is 7.66. The first kappa shape index (κ1) is 17.9. The van der Waals surface area contributed by atoms with Crippen LogP contribution in [0.15, 0.2) is 24.5 Å². The molecular formula is C18H26N4O3S. The van der Waals surface area contributed by atoms with Gasteiger partial charge in [-0.25, -0.2) is 0 Å². The summed E-state index contributed by atoms with van der Waals surface area (Å²) in [7, 11) is -3.50. The summed E-state index contributed by atoms with van der Waals surface area (Å²) in [6.45, 7) is 1.92. The second kappa shape index (κ2) is 6.90. The van der Waals surface area contributed by atoms with E-state index in [2.05, 4.69) is 10.3 Å². The van der Waals surface area contributed by atoms with Gasteiger partial charge >= 0.3 is 0 Å². The topological polar surface area (TPSA) is 82.6 Å². The molecule has 0 aromatic carbocycles. The van der Waals surface area contributed by atoms with E-state index in [0.717, 1.165) is 37.7 Å². The van der Waals surface area contributed by atoms with Gasteiger partial charge in [-0.1, -0.05) is 12.5 Å². The Labute approximate surface area is 155 Å². The Morgan fingerprint density at radius 1 is 1.15 bits per heavy atom. The number of nitrogens with zero attached hydrogens (tertiary/aromatic N) is 3. The number of rotatable bonds is 3. The first-order valence-electron chi connectivity index (χ1n) is 9.47. The zero-order valence-electron chi connectivity index (χ0n) is 14.9. The lowest BCUT2D eigenvalue weighted by molar-refractivity contribution is -0.125. The molecular weight excluding hydrogens is 352 g/mol. The van der Waals surface area contributed by atoms with Crippen LogP contribution in [0.1, 0.15) is 50.0 Å². The van der Waals surface area contributed by atoms with Crippen molar-refractivity contribution >= 4 is 16.1 Å². The van der Waals surface area contributed by atoms with Crippen LogP contribution in [0.3, 0.4) is 0 Å². The maximum absolute atomic E-state index is 13.2. The highest BCUT2D eigenvalue weighted by atomic mass is 32.2. The molecule has 0 aliphatic carbocycles. The highest BCUT2D eigenvalue weighted by Gasteiger charge is 2.53. The molecule has 0 unspecified atom stereocenters. The molecule has 1 amide bonds. The van der Waals surface area contributed by atoms with Gasteiger partial charge in [-0.05, 0) is 37.3 Å². The molecule has 0 bridgehead atoms. The third kappa shape index (κ3) is 3.14. The van der Waals surface area contributed by atoms with Gasteiger partial charge in [0.05, 0.1) is 5.54 Å². The fourth-order valence-corrected chi connectivity index (χ4v) is 6.43. The van der Waals surface area contributed by atoms with Crippen LogP contribution in [0.25, 0.3) is 0 Å². The smallest absolute Gasteiger partial charge is 0.282 e. The number of nitrogens with one attached hydrogen (secondary N) is 1. The quantitative estimate of drug-likeness (QED) is 0.858. The predicted molar refractivity (Wildman–Crippen MR) is 97.6 cm³/mol. The third-order valence-corrected chi connectivity index (χ3v) is 7.93. The van der Waals surface area contributed by atoms with E-state index in [9.17, 15) is 13.2 Å². The van der Waals surface area contributed by atoms with E-state index in [1.54, 1.807) is 21.0 Å². The average molecular weight is 378 g/mol. The van der Waals surface area contributed by atoms with Crippen LogP contribution in [0.2, 0.25) is 0 Å². The zero-order valence-corrected chi connectivity index (χ0v) is 15.7. The number of piperidine rings is 2. The molecule has 7 nitrogen and oxygen atoms in total. The molecule has 3 saturated heterocycles. The minimum atomic E-state index is -3.50. The molecule has 4 rings (SSSR count). The van der Waals surface area contributed by atoms with Gasteiger partial charge in [0.25, 0.3) is 10.2 Å². The SMILES string of the molecule is O=C1CCC[C@]2(CN(S(=O)(=O)N3CCCCC3)C[C@H]2c2cccnc2)N1. The molecule has 0 saturated carbocycles. The average Bonchev–Trinajstić information content (AvgIpc) is 3.02. The summed E-state index contributed by atoms with van der Waals surface area (Å²) in [5.41, 5.74) is 0.465. The van der Waals surface area contributed by atoms with Gasteiger partial charge < -0.3 is 5.32 Å². The standard InChI is InChI=1S/C18H26N4O3S/c23-17-7-4-8-18(20-17)14-22(13-16(18)15-6-5-9-19-12-15)26(24,25)21-10-2-1-3-11-21/h5-6,9,12,16H,1-4,7-8,10-11,13-14H2,(H,20,23)/t16-,18+/m0/s1. The summed E-state index contributed by atoms with van der Waals surface area (Å²) in [4.78, 5) is 16.4. The van der Waals surface area contributed by atoms with Crippen molar-refractivity contribution in [1.29, 1.82) is 0 Å². The number of aromatic nitrogens is 1. The van der Waals surface area contributed by atoms with Crippen LogP contribution >= 0.6 is 0 Å². The van der Waals surface area contributed by atoms with Crippen LogP contribution in [0, 0.1) is 0 Å². The lowest BCUT2D eigenvalue weighted by Crippen LogP contribution is -2.56. The molecule has 142 valence electrons. The van der Waals surface area contributed by atoms with E-state index in [-0.39, 0.29) is 11.8 Å². The maximum atomic E-state index is 13.2. The van der Waals surface area contributed by atoms with Crippen LogP contribution in [-0.4, -0.2) is 59.6 Å². The zero-order chi connectivity index (χ0) is 18.2. The second-order valence-corrected chi connectivity index (χ2v) is 9.59. The van der Waals surface area contributed by atoms with Gasteiger partial charge in [0.2, 0.25) is 5.91 Å². The largest absolute Gasteiger partial charge is 0.349 e. The fraction of sp³-hybridized carbons (Fsp3) is 0.667. The molecule has 4 heterocycles. The number of hydrogen-bond acceptors (Lipinski definition) is 4. The van der Waals surface area contributed by atoms with E-state index < -0.39 is 15.7 Å². The molecule has 1 aromatic rings. The maximum Gasteiger partial charge on any atom is 0.282 e. The monoisotopic (exact) mass is 378 g/mol. The lowest BCUT2D eigenvalue weighted by Gasteiger charge is -2.39. The van der Waals surface area contributed by atoms with Crippen LogP contribution in [0.5, 0.6) is 0 Å². The molecule has 2 atom stereocenters. The molecule has 3 aliphatic rings. The van der Waals surface area contributed by atoms with Gasteiger partial charge in [-0.3, -0.25) is 9.78 Å². The van der Waals surface area contributed by atoms with E-state index in [0.29, 0.717) is 32.6 Å². The normalized spacial score (nSPS) is 31.2. The molecule has 26 heavy (non-hydrogen) atoms. The highest BCUT2D eigenvalue weighted by molar-refractivity contribution is 7.86. The highest BCUT2D eigenvalue weighted by Crippen LogP contribution is 2.42. The first-order chi connectivity index (χ1) is 12.5. The predicted octanol–water partition coefficient (Wildman–Crippen LogP) is 1.25. The summed E-state index contributed by atoms with van der Waals surface area (Å²) in [6, 6.07) is 3.85. The molecule has 0 radical (unpaired) electrons. The van der Waals surface area contributed by atoms with Gasteiger partial charge in [0, 0.05) is 50.9 Å². The van der Waals surface area contributed by atoms with Crippen LogP contribution < -0.4 is 5.32 Å². The summed E-state index contributed by atoms with van der Waals surface area (Å²) < 4.78 is 29.6. The fourth-order valence-electron chi connectivity index (χ4n) is 4.66. The number of amides is 1. The Morgan fingerprint density at radius 2 is 1.96 bits per heavy atom. The Kier molecular flexibility index (Phi) is 4.75. The Bertz CT molecular complexity index is 764. The first-order valence-corrected chi connectivity index (χ1v) is 10.9. The number of pyridine rings is 1. The van der Waals surface area contributed by atoms with Crippen LogP contribution in [0.4, 0.5) is 0 Å². The Balaban J connectivity index is 1.66. The van der Waals surface area contributed by atoms with Crippen molar-refractivity contribution in [2.24, 2.45) is 0 Å². The van der Waals surface area contributed by atoms with E-state index in [1.807, 2.05) is 12.1 Å². The van der Waals surface area contributed by atoms with Gasteiger partial charge in [0.1, 0.15) is 0 Å². The lowest BCUT2D eigenvalue weighted by atomic mass is 9.77. The van der Waals surface area contributed by atoms with E-state index in [1.165, 1.54) is 0 Å². The van der Waals surface area contributed by atoms with Crippen molar-refractivity contribution in [3.05, 3.63) is 30.1 Å². The van der Waals surface area contributed by atoms with Gasteiger partial charge in [0.15, 0.2) is 0 Å². The third-order valence-electron chi connectivity index (χ3n) is 5.98.